The van der Waals surface area contributed by atoms with Gasteiger partial charge in [-0.3, -0.25) is 4.79 Å². The molecule has 3 heteroatoms. The zero-order chi connectivity index (χ0) is 15.3. The van der Waals surface area contributed by atoms with Crippen LogP contribution < -0.4 is 0 Å². The van der Waals surface area contributed by atoms with E-state index >= 15 is 0 Å². The molecule has 4 rings (SSSR count). The van der Waals surface area contributed by atoms with Gasteiger partial charge in [0.1, 0.15) is 0 Å². The Bertz CT molecular complexity index is 648. The normalized spacial score (nSPS) is 36.1. The molecule has 3 nitrogen and oxygen atoms in total. The quantitative estimate of drug-likeness (QED) is 0.657. The van der Waals surface area contributed by atoms with Gasteiger partial charge in [0.05, 0.1) is 0 Å². The first-order valence-electron chi connectivity index (χ1n) is 8.31. The predicted octanol–water partition coefficient (Wildman–Crippen LogP) is 3.90. The van der Waals surface area contributed by atoms with Crippen molar-refractivity contribution in [1.82, 2.24) is 0 Å². The van der Waals surface area contributed by atoms with Crippen molar-refractivity contribution in [3.63, 3.8) is 0 Å². The molecule has 4 atom stereocenters. The van der Waals surface area contributed by atoms with Crippen LogP contribution in [-0.2, 0) is 4.79 Å². The van der Waals surface area contributed by atoms with Crippen LogP contribution in [-0.4, -0.2) is 16.0 Å². The molecule has 2 N–H and O–H groups in total. The summed E-state index contributed by atoms with van der Waals surface area (Å²) in [4.78, 5) is 12.9. The van der Waals surface area contributed by atoms with Gasteiger partial charge in [-0.25, -0.2) is 0 Å². The van der Waals surface area contributed by atoms with E-state index in [-0.39, 0.29) is 22.7 Å². The highest BCUT2D eigenvalue weighted by atomic mass is 16.3. The zero-order valence-corrected chi connectivity index (χ0v) is 12.7. The number of rotatable bonds is 3. The van der Waals surface area contributed by atoms with Gasteiger partial charge in [-0.2, -0.15) is 0 Å². The lowest BCUT2D eigenvalue weighted by molar-refractivity contribution is -0.128. The average Bonchev–Trinajstić information content (AvgIpc) is 2.68. The van der Waals surface area contributed by atoms with Crippen LogP contribution in [0.15, 0.2) is 24.3 Å². The van der Waals surface area contributed by atoms with E-state index in [0.29, 0.717) is 5.92 Å². The first-order valence-corrected chi connectivity index (χ1v) is 8.31. The second kappa shape index (κ2) is 4.87. The van der Waals surface area contributed by atoms with Crippen LogP contribution in [0, 0.1) is 23.2 Å². The second-order valence-electron chi connectivity index (χ2n) is 7.48. The number of carbonyl (C=O) groups is 1. The van der Waals surface area contributed by atoms with Crippen molar-refractivity contribution >= 4 is 11.9 Å². The summed E-state index contributed by atoms with van der Waals surface area (Å²) in [6.45, 7) is 0. The predicted molar refractivity (Wildman–Crippen MR) is 84.4 cm³/mol. The maximum absolute atomic E-state index is 12.9. The molecule has 0 saturated heterocycles. The van der Waals surface area contributed by atoms with Gasteiger partial charge >= 0.3 is 0 Å². The van der Waals surface area contributed by atoms with Crippen molar-refractivity contribution in [3.05, 3.63) is 29.8 Å². The number of phenolic OH excluding ortho intramolecular Hbond substituents is 2. The van der Waals surface area contributed by atoms with Gasteiger partial charge < -0.3 is 10.2 Å². The number of benzene rings is 1. The summed E-state index contributed by atoms with van der Waals surface area (Å²) < 4.78 is 0. The maximum Gasteiger partial charge on any atom is 0.162 e. The summed E-state index contributed by atoms with van der Waals surface area (Å²) in [5.74, 6) is 2.21. The number of phenols is 2. The van der Waals surface area contributed by atoms with Gasteiger partial charge in [0.25, 0.3) is 0 Å². The Morgan fingerprint density at radius 3 is 2.77 bits per heavy atom. The van der Waals surface area contributed by atoms with E-state index < -0.39 is 0 Å². The van der Waals surface area contributed by atoms with Crippen molar-refractivity contribution in [3.8, 4) is 11.5 Å². The molecule has 0 aliphatic heterocycles. The van der Waals surface area contributed by atoms with Gasteiger partial charge in [0, 0.05) is 5.41 Å². The monoisotopic (exact) mass is 298 g/mol. The minimum atomic E-state index is -0.148. The third-order valence-corrected chi connectivity index (χ3v) is 6.25. The molecular formula is C19H22O3. The molecule has 3 bridgehead atoms. The van der Waals surface area contributed by atoms with E-state index in [1.165, 1.54) is 37.8 Å². The van der Waals surface area contributed by atoms with E-state index in [0.717, 1.165) is 30.2 Å². The van der Waals surface area contributed by atoms with Crippen LogP contribution in [0.4, 0.5) is 0 Å². The number of carbonyl (C=O) groups excluding carboxylic acids is 1. The smallest absolute Gasteiger partial charge is 0.162 e. The van der Waals surface area contributed by atoms with Gasteiger partial charge in [-0.15, -0.1) is 0 Å². The third-order valence-electron chi connectivity index (χ3n) is 6.25. The molecule has 3 saturated carbocycles. The largest absolute Gasteiger partial charge is 0.504 e. The van der Waals surface area contributed by atoms with E-state index in [9.17, 15) is 15.0 Å². The Hall–Kier alpha value is -1.77. The molecule has 0 aromatic heterocycles. The van der Waals surface area contributed by atoms with Crippen LogP contribution in [0.1, 0.15) is 44.1 Å². The highest BCUT2D eigenvalue weighted by molar-refractivity contribution is 5.98. The topological polar surface area (TPSA) is 57.5 Å². The van der Waals surface area contributed by atoms with Crippen molar-refractivity contribution in [2.45, 2.75) is 38.5 Å². The van der Waals surface area contributed by atoms with E-state index in [1.54, 1.807) is 18.2 Å². The van der Waals surface area contributed by atoms with Crippen LogP contribution in [0.2, 0.25) is 0 Å². The fourth-order valence-corrected chi connectivity index (χ4v) is 5.28. The fourth-order valence-electron chi connectivity index (χ4n) is 5.28. The van der Waals surface area contributed by atoms with Crippen LogP contribution >= 0.6 is 0 Å². The lowest BCUT2D eigenvalue weighted by atomic mass is 9.62. The molecule has 3 aliphatic rings. The summed E-state index contributed by atoms with van der Waals surface area (Å²) in [5, 5.41) is 18.9. The number of hydrogen-bond acceptors (Lipinski definition) is 3. The van der Waals surface area contributed by atoms with E-state index in [2.05, 4.69) is 0 Å². The molecule has 0 radical (unpaired) electrons. The van der Waals surface area contributed by atoms with Crippen molar-refractivity contribution in [1.29, 1.82) is 0 Å². The third kappa shape index (κ3) is 2.06. The van der Waals surface area contributed by atoms with Crippen molar-refractivity contribution in [2.75, 3.05) is 0 Å². The maximum atomic E-state index is 12.9. The molecule has 0 heterocycles. The lowest BCUT2D eigenvalue weighted by Crippen LogP contribution is -2.38. The zero-order valence-electron chi connectivity index (χ0n) is 12.7. The van der Waals surface area contributed by atoms with Crippen LogP contribution in [0.3, 0.4) is 0 Å². The van der Waals surface area contributed by atoms with E-state index in [1.807, 2.05) is 0 Å². The molecular weight excluding hydrogens is 276 g/mol. The molecule has 4 unspecified atom stereocenters. The molecule has 3 aliphatic carbocycles. The molecule has 3 fully saturated rings. The number of allylic oxidation sites excluding steroid dienone is 1. The first kappa shape index (κ1) is 13.9. The molecule has 0 amide bonds. The molecule has 1 aromatic carbocycles. The SMILES string of the molecule is O=C(/C=C/c1ccc(O)c(O)c1)C12CCC3CC(CC1C3)C2. The standard InChI is InChI=1S/C19H22O3/c20-16-3-1-12(10-17(16)21)2-4-18(22)19-6-5-13-7-14(11-19)9-15(19)8-13/h1-4,10,13-15,20-21H,5-9,11H2/b4-2+. The number of aromatic hydroxyl groups is 2. The molecule has 0 spiro atoms. The Kier molecular flexibility index (Phi) is 3.07. The average molecular weight is 298 g/mol. The van der Waals surface area contributed by atoms with Gasteiger partial charge in [0.15, 0.2) is 17.3 Å². The molecule has 22 heavy (non-hydrogen) atoms. The van der Waals surface area contributed by atoms with Crippen LogP contribution in [0.25, 0.3) is 6.08 Å². The van der Waals surface area contributed by atoms with Crippen LogP contribution in [0.5, 0.6) is 11.5 Å². The number of hydrogen-bond donors (Lipinski definition) is 2. The Labute approximate surface area is 130 Å². The number of ketones is 1. The minimum absolute atomic E-state index is 0.104. The van der Waals surface area contributed by atoms with Gasteiger partial charge in [-0.1, -0.05) is 12.1 Å². The number of fused-ring (bicyclic) bond motifs is 2. The van der Waals surface area contributed by atoms with E-state index in [4.69, 9.17) is 0 Å². The fraction of sp³-hybridized carbons (Fsp3) is 0.526. The van der Waals surface area contributed by atoms with Crippen molar-refractivity contribution in [2.24, 2.45) is 23.2 Å². The minimum Gasteiger partial charge on any atom is -0.504 e. The summed E-state index contributed by atoms with van der Waals surface area (Å²) in [6.07, 6.45) is 10.7. The highest BCUT2D eigenvalue weighted by Crippen LogP contribution is 2.62. The summed E-state index contributed by atoms with van der Waals surface area (Å²) in [5.41, 5.74) is 0.641. The highest BCUT2D eigenvalue weighted by Gasteiger charge is 2.56. The Morgan fingerprint density at radius 1 is 1.14 bits per heavy atom. The Morgan fingerprint density at radius 2 is 1.95 bits per heavy atom. The van der Waals surface area contributed by atoms with Crippen molar-refractivity contribution < 1.29 is 15.0 Å². The molecule has 1 aromatic rings. The molecule has 116 valence electrons. The summed E-state index contributed by atoms with van der Waals surface area (Å²) >= 11 is 0. The summed E-state index contributed by atoms with van der Waals surface area (Å²) in [6, 6.07) is 4.65. The second-order valence-corrected chi connectivity index (χ2v) is 7.48. The summed E-state index contributed by atoms with van der Waals surface area (Å²) in [7, 11) is 0. The lowest BCUT2D eigenvalue weighted by Gasteiger charge is -2.41. The first-order chi connectivity index (χ1) is 10.6. The Balaban J connectivity index is 1.57. The van der Waals surface area contributed by atoms with Gasteiger partial charge in [0.2, 0.25) is 0 Å². The van der Waals surface area contributed by atoms with Gasteiger partial charge in [-0.05, 0) is 80.1 Å².